The smallest absolute Gasteiger partial charge is 0.251 e. The van der Waals surface area contributed by atoms with Gasteiger partial charge in [-0.1, -0.05) is 13.8 Å². The molecule has 0 aromatic heterocycles. The van der Waals surface area contributed by atoms with Crippen LogP contribution in [0.1, 0.15) is 24.2 Å². The Balaban J connectivity index is 3.13. The SMILES string of the molecule is CNS(=O)(=O)c1cc(C(=O)NCC(C)C)ccc1OC. The molecule has 0 atom stereocenters. The van der Waals surface area contributed by atoms with E-state index in [0.29, 0.717) is 12.5 Å². The molecule has 0 aliphatic heterocycles. The van der Waals surface area contributed by atoms with E-state index in [1.165, 1.54) is 32.4 Å². The van der Waals surface area contributed by atoms with E-state index in [0.717, 1.165) is 0 Å². The average Bonchev–Trinajstić information content (AvgIpc) is 2.43. The van der Waals surface area contributed by atoms with Crippen molar-refractivity contribution in [2.75, 3.05) is 20.7 Å². The molecule has 1 aromatic carbocycles. The molecule has 1 rings (SSSR count). The van der Waals surface area contributed by atoms with Gasteiger partial charge in [-0.25, -0.2) is 13.1 Å². The van der Waals surface area contributed by atoms with Gasteiger partial charge >= 0.3 is 0 Å². The van der Waals surface area contributed by atoms with Crippen LogP contribution >= 0.6 is 0 Å². The summed E-state index contributed by atoms with van der Waals surface area (Å²) < 4.78 is 31.0. The standard InChI is InChI=1S/C13H20N2O4S/c1-9(2)8-15-13(16)10-5-6-11(19-4)12(7-10)20(17,18)14-3/h5-7,9,14H,8H2,1-4H3,(H,15,16). The molecule has 0 aliphatic rings. The number of methoxy groups -OCH3 is 1. The second kappa shape index (κ2) is 6.71. The Morgan fingerprint density at radius 2 is 2.00 bits per heavy atom. The molecule has 0 spiro atoms. The molecule has 112 valence electrons. The first-order valence-corrected chi connectivity index (χ1v) is 7.70. The molecule has 20 heavy (non-hydrogen) atoms. The molecule has 1 aromatic rings. The van der Waals surface area contributed by atoms with E-state index < -0.39 is 10.0 Å². The zero-order chi connectivity index (χ0) is 15.3. The number of nitrogens with one attached hydrogen (secondary N) is 2. The Morgan fingerprint density at radius 3 is 2.50 bits per heavy atom. The van der Waals surface area contributed by atoms with E-state index >= 15 is 0 Å². The van der Waals surface area contributed by atoms with E-state index in [1.54, 1.807) is 0 Å². The normalized spacial score (nSPS) is 11.4. The van der Waals surface area contributed by atoms with E-state index in [1.807, 2.05) is 13.8 Å². The average molecular weight is 300 g/mol. The van der Waals surface area contributed by atoms with Crippen LogP contribution in [0.4, 0.5) is 0 Å². The molecule has 0 aliphatic carbocycles. The maximum Gasteiger partial charge on any atom is 0.251 e. The van der Waals surface area contributed by atoms with Crippen LogP contribution in [0.15, 0.2) is 23.1 Å². The third-order valence-electron chi connectivity index (χ3n) is 2.65. The Morgan fingerprint density at radius 1 is 1.35 bits per heavy atom. The van der Waals surface area contributed by atoms with E-state index in [-0.39, 0.29) is 22.1 Å². The lowest BCUT2D eigenvalue weighted by atomic mass is 10.2. The molecule has 0 fully saturated rings. The Kier molecular flexibility index (Phi) is 5.52. The van der Waals surface area contributed by atoms with Crippen molar-refractivity contribution in [1.82, 2.24) is 10.0 Å². The summed E-state index contributed by atoms with van der Waals surface area (Å²) >= 11 is 0. The van der Waals surface area contributed by atoms with E-state index in [9.17, 15) is 13.2 Å². The van der Waals surface area contributed by atoms with Crippen LogP contribution in [0.2, 0.25) is 0 Å². The molecule has 0 unspecified atom stereocenters. The molecule has 0 heterocycles. The summed E-state index contributed by atoms with van der Waals surface area (Å²) in [6.45, 7) is 4.48. The molecule has 0 bridgehead atoms. The molecule has 2 N–H and O–H groups in total. The summed E-state index contributed by atoms with van der Waals surface area (Å²) in [5.41, 5.74) is 0.278. The molecule has 0 saturated heterocycles. The van der Waals surface area contributed by atoms with Gasteiger partial charge in [0.25, 0.3) is 5.91 Å². The number of hydrogen-bond acceptors (Lipinski definition) is 4. The fraction of sp³-hybridized carbons (Fsp3) is 0.462. The van der Waals surface area contributed by atoms with Gasteiger partial charge in [-0.2, -0.15) is 0 Å². The molecule has 6 nitrogen and oxygen atoms in total. The first kappa shape index (κ1) is 16.5. The van der Waals surface area contributed by atoms with Gasteiger partial charge in [-0.15, -0.1) is 0 Å². The third kappa shape index (κ3) is 3.94. The summed E-state index contributed by atoms with van der Waals surface area (Å²) in [4.78, 5) is 11.9. The van der Waals surface area contributed by atoms with E-state index in [2.05, 4.69) is 10.0 Å². The molecule has 0 saturated carbocycles. The van der Waals surface area contributed by atoms with Gasteiger partial charge in [0.1, 0.15) is 10.6 Å². The van der Waals surface area contributed by atoms with Crippen LogP contribution in [0.5, 0.6) is 5.75 Å². The number of carbonyl (C=O) groups is 1. The van der Waals surface area contributed by atoms with Crippen LogP contribution in [-0.2, 0) is 10.0 Å². The van der Waals surface area contributed by atoms with Gasteiger partial charge in [-0.05, 0) is 31.2 Å². The topological polar surface area (TPSA) is 84.5 Å². The number of sulfonamides is 1. The van der Waals surface area contributed by atoms with Crippen molar-refractivity contribution < 1.29 is 17.9 Å². The van der Waals surface area contributed by atoms with Crippen molar-refractivity contribution in [1.29, 1.82) is 0 Å². The van der Waals surface area contributed by atoms with Crippen molar-refractivity contribution in [3.05, 3.63) is 23.8 Å². The number of rotatable bonds is 6. The Labute approximate surface area is 119 Å². The zero-order valence-electron chi connectivity index (χ0n) is 12.1. The monoisotopic (exact) mass is 300 g/mol. The van der Waals surface area contributed by atoms with Crippen molar-refractivity contribution in [2.45, 2.75) is 18.7 Å². The quantitative estimate of drug-likeness (QED) is 0.820. The van der Waals surface area contributed by atoms with Crippen LogP contribution in [0, 0.1) is 5.92 Å². The minimum absolute atomic E-state index is 0.0558. The lowest BCUT2D eigenvalue weighted by molar-refractivity contribution is 0.0948. The number of amides is 1. The van der Waals surface area contributed by atoms with Gasteiger partial charge in [-0.3, -0.25) is 4.79 Å². The molecule has 0 radical (unpaired) electrons. The van der Waals surface area contributed by atoms with Gasteiger partial charge in [0.15, 0.2) is 0 Å². The second-order valence-corrected chi connectivity index (χ2v) is 6.53. The van der Waals surface area contributed by atoms with Crippen molar-refractivity contribution in [3.8, 4) is 5.75 Å². The molecule has 7 heteroatoms. The number of benzene rings is 1. The zero-order valence-corrected chi connectivity index (χ0v) is 12.9. The van der Waals surface area contributed by atoms with Crippen LogP contribution in [0.25, 0.3) is 0 Å². The van der Waals surface area contributed by atoms with Crippen LogP contribution < -0.4 is 14.8 Å². The van der Waals surface area contributed by atoms with E-state index in [4.69, 9.17) is 4.74 Å². The minimum atomic E-state index is -3.68. The molecular formula is C13H20N2O4S. The Hall–Kier alpha value is -1.60. The maximum absolute atomic E-state index is 11.9. The van der Waals surface area contributed by atoms with Gasteiger partial charge in [0, 0.05) is 12.1 Å². The maximum atomic E-state index is 11.9. The summed E-state index contributed by atoms with van der Waals surface area (Å²) in [5, 5.41) is 2.74. The first-order chi connectivity index (χ1) is 9.31. The summed E-state index contributed by atoms with van der Waals surface area (Å²) in [6, 6.07) is 4.30. The fourth-order valence-electron chi connectivity index (χ4n) is 1.54. The number of carbonyl (C=O) groups excluding carboxylic acids is 1. The van der Waals surface area contributed by atoms with Crippen molar-refractivity contribution in [3.63, 3.8) is 0 Å². The van der Waals surface area contributed by atoms with Crippen LogP contribution in [-0.4, -0.2) is 35.0 Å². The summed E-state index contributed by atoms with van der Waals surface area (Å²) in [5.74, 6) is 0.200. The molecule has 1 amide bonds. The summed E-state index contributed by atoms with van der Waals surface area (Å²) in [6.07, 6.45) is 0. The predicted molar refractivity (Wildman–Crippen MR) is 76.4 cm³/mol. The van der Waals surface area contributed by atoms with Crippen molar-refractivity contribution in [2.24, 2.45) is 5.92 Å². The van der Waals surface area contributed by atoms with Gasteiger partial charge in [0.2, 0.25) is 10.0 Å². The minimum Gasteiger partial charge on any atom is -0.495 e. The highest BCUT2D eigenvalue weighted by Gasteiger charge is 2.20. The largest absolute Gasteiger partial charge is 0.495 e. The van der Waals surface area contributed by atoms with Gasteiger partial charge in [0.05, 0.1) is 7.11 Å². The number of hydrogen-bond donors (Lipinski definition) is 2. The first-order valence-electron chi connectivity index (χ1n) is 6.21. The lowest BCUT2D eigenvalue weighted by Crippen LogP contribution is -2.28. The fourth-order valence-corrected chi connectivity index (χ4v) is 2.46. The van der Waals surface area contributed by atoms with Crippen molar-refractivity contribution >= 4 is 15.9 Å². The predicted octanol–water partition coefficient (Wildman–Crippen LogP) is 0.989. The summed E-state index contributed by atoms with van der Waals surface area (Å²) in [7, 11) is -1.000. The van der Waals surface area contributed by atoms with Crippen LogP contribution in [0.3, 0.4) is 0 Å². The number of ether oxygens (including phenoxy) is 1. The highest BCUT2D eigenvalue weighted by atomic mass is 32.2. The second-order valence-electron chi connectivity index (χ2n) is 4.68. The lowest BCUT2D eigenvalue weighted by Gasteiger charge is -2.12. The highest BCUT2D eigenvalue weighted by Crippen LogP contribution is 2.24. The Bertz CT molecular complexity index is 582. The third-order valence-corrected chi connectivity index (χ3v) is 4.09. The van der Waals surface area contributed by atoms with Gasteiger partial charge < -0.3 is 10.1 Å². The highest BCUT2D eigenvalue weighted by molar-refractivity contribution is 7.89. The molecular weight excluding hydrogens is 280 g/mol.